The number of nitrogens with zero attached hydrogens (tertiary/aromatic N) is 3. The standard InChI is InChI=1S/C14H16N4O2/c19-14(8-12-9-15-6-7-20-12)13-10-16-17-18(13)11-4-2-1-3-5-11/h1-5,10,12,15H,6-9H2. The van der Waals surface area contributed by atoms with Crippen LogP contribution >= 0.6 is 0 Å². The van der Waals surface area contributed by atoms with Gasteiger partial charge in [-0.2, -0.15) is 0 Å². The second kappa shape index (κ2) is 5.94. The van der Waals surface area contributed by atoms with E-state index in [1.807, 2.05) is 30.3 Å². The molecule has 0 radical (unpaired) electrons. The van der Waals surface area contributed by atoms with E-state index in [2.05, 4.69) is 15.6 Å². The van der Waals surface area contributed by atoms with Crippen LogP contribution in [0.1, 0.15) is 16.9 Å². The fraction of sp³-hybridized carbons (Fsp3) is 0.357. The number of hydrogen-bond donors (Lipinski definition) is 1. The highest BCUT2D eigenvalue weighted by molar-refractivity contribution is 5.95. The fourth-order valence-electron chi connectivity index (χ4n) is 2.25. The van der Waals surface area contributed by atoms with Gasteiger partial charge in [0.1, 0.15) is 5.69 Å². The lowest BCUT2D eigenvalue weighted by Crippen LogP contribution is -2.39. The number of nitrogens with one attached hydrogen (secondary N) is 1. The number of carbonyl (C=O) groups is 1. The summed E-state index contributed by atoms with van der Waals surface area (Å²) in [5.74, 6) is -0.00690. The molecule has 0 spiro atoms. The van der Waals surface area contributed by atoms with Gasteiger partial charge in [-0.25, -0.2) is 4.68 Å². The number of rotatable bonds is 4. The number of aromatic nitrogens is 3. The zero-order valence-electron chi connectivity index (χ0n) is 11.0. The first-order valence-corrected chi connectivity index (χ1v) is 6.66. The van der Waals surface area contributed by atoms with E-state index in [9.17, 15) is 4.79 Å². The van der Waals surface area contributed by atoms with Crippen molar-refractivity contribution in [1.82, 2.24) is 20.3 Å². The molecule has 0 saturated carbocycles. The van der Waals surface area contributed by atoms with Gasteiger partial charge in [-0.3, -0.25) is 4.79 Å². The van der Waals surface area contributed by atoms with Crippen molar-refractivity contribution < 1.29 is 9.53 Å². The third kappa shape index (κ3) is 2.76. The molecule has 0 amide bonds. The first-order valence-electron chi connectivity index (χ1n) is 6.66. The van der Waals surface area contributed by atoms with E-state index in [1.54, 1.807) is 4.68 Å². The van der Waals surface area contributed by atoms with Gasteiger partial charge >= 0.3 is 0 Å². The van der Waals surface area contributed by atoms with Crippen molar-refractivity contribution in [1.29, 1.82) is 0 Å². The lowest BCUT2D eigenvalue weighted by atomic mass is 10.1. The summed E-state index contributed by atoms with van der Waals surface area (Å²) < 4.78 is 7.13. The minimum Gasteiger partial charge on any atom is -0.375 e. The number of hydrogen-bond acceptors (Lipinski definition) is 5. The average Bonchev–Trinajstić information content (AvgIpc) is 2.99. The Hall–Kier alpha value is -2.05. The molecule has 6 heteroatoms. The average molecular weight is 272 g/mol. The minimum atomic E-state index is -0.0737. The van der Waals surface area contributed by atoms with Crippen molar-refractivity contribution in [3.05, 3.63) is 42.2 Å². The molecule has 1 aliphatic rings. The maximum Gasteiger partial charge on any atom is 0.185 e. The predicted octanol–water partition coefficient (Wildman–Crippen LogP) is 0.828. The summed E-state index contributed by atoms with van der Waals surface area (Å²) in [5, 5.41) is 11.1. The van der Waals surface area contributed by atoms with E-state index in [1.165, 1.54) is 6.20 Å². The first-order chi connectivity index (χ1) is 9.84. The number of morpholine rings is 1. The van der Waals surface area contributed by atoms with Crippen LogP contribution in [-0.4, -0.2) is 46.6 Å². The second-order valence-electron chi connectivity index (χ2n) is 4.69. The summed E-state index contributed by atoms with van der Waals surface area (Å²) in [5.41, 5.74) is 1.32. The van der Waals surface area contributed by atoms with Gasteiger partial charge in [0, 0.05) is 19.5 Å². The Kier molecular flexibility index (Phi) is 3.85. The van der Waals surface area contributed by atoms with Crippen molar-refractivity contribution in [2.45, 2.75) is 12.5 Å². The Bertz CT molecular complexity index is 576. The van der Waals surface area contributed by atoms with E-state index < -0.39 is 0 Å². The van der Waals surface area contributed by atoms with Crippen LogP contribution in [0.5, 0.6) is 0 Å². The van der Waals surface area contributed by atoms with E-state index in [0.717, 1.165) is 12.2 Å². The highest BCUT2D eigenvalue weighted by Crippen LogP contribution is 2.13. The van der Waals surface area contributed by atoms with Gasteiger partial charge in [0.05, 0.1) is 24.6 Å². The van der Waals surface area contributed by atoms with Gasteiger partial charge in [-0.05, 0) is 12.1 Å². The Morgan fingerprint density at radius 3 is 3.00 bits per heavy atom. The van der Waals surface area contributed by atoms with E-state index in [0.29, 0.717) is 25.3 Å². The minimum absolute atomic E-state index is 0.00690. The Morgan fingerprint density at radius 2 is 2.25 bits per heavy atom. The van der Waals surface area contributed by atoms with E-state index in [-0.39, 0.29) is 11.9 Å². The number of ether oxygens (including phenoxy) is 1. The molecule has 0 aliphatic carbocycles. The molecule has 2 heterocycles. The number of para-hydroxylation sites is 1. The molecule has 2 aromatic rings. The van der Waals surface area contributed by atoms with Crippen LogP contribution in [-0.2, 0) is 4.74 Å². The van der Waals surface area contributed by atoms with Crippen LogP contribution in [0.3, 0.4) is 0 Å². The zero-order chi connectivity index (χ0) is 13.8. The maximum absolute atomic E-state index is 12.4. The highest BCUT2D eigenvalue weighted by Gasteiger charge is 2.21. The topological polar surface area (TPSA) is 69.0 Å². The molecule has 3 rings (SSSR count). The molecular formula is C14H16N4O2. The van der Waals surface area contributed by atoms with Crippen molar-refractivity contribution >= 4 is 5.78 Å². The number of carbonyl (C=O) groups excluding carboxylic acids is 1. The van der Waals surface area contributed by atoms with Crippen LogP contribution in [0.2, 0.25) is 0 Å². The van der Waals surface area contributed by atoms with Gasteiger partial charge in [-0.15, -0.1) is 5.10 Å². The molecule has 1 atom stereocenters. The Morgan fingerprint density at radius 1 is 1.40 bits per heavy atom. The van der Waals surface area contributed by atoms with Gasteiger partial charge in [0.2, 0.25) is 0 Å². The largest absolute Gasteiger partial charge is 0.375 e. The Balaban J connectivity index is 1.77. The molecule has 0 bridgehead atoms. The summed E-state index contributed by atoms with van der Waals surface area (Å²) in [4.78, 5) is 12.4. The van der Waals surface area contributed by atoms with Gasteiger partial charge in [0.25, 0.3) is 0 Å². The van der Waals surface area contributed by atoms with E-state index in [4.69, 9.17) is 4.74 Å². The van der Waals surface area contributed by atoms with Crippen LogP contribution in [0, 0.1) is 0 Å². The van der Waals surface area contributed by atoms with Crippen molar-refractivity contribution in [3.8, 4) is 5.69 Å². The quantitative estimate of drug-likeness (QED) is 0.835. The molecule has 1 saturated heterocycles. The monoisotopic (exact) mass is 272 g/mol. The molecule has 1 N–H and O–H groups in total. The third-order valence-corrected chi connectivity index (χ3v) is 3.25. The molecular weight excluding hydrogens is 256 g/mol. The van der Waals surface area contributed by atoms with Gasteiger partial charge in [-0.1, -0.05) is 23.4 Å². The second-order valence-corrected chi connectivity index (χ2v) is 4.69. The van der Waals surface area contributed by atoms with Crippen molar-refractivity contribution in [2.24, 2.45) is 0 Å². The molecule has 1 aromatic heterocycles. The van der Waals surface area contributed by atoms with Crippen LogP contribution in [0.25, 0.3) is 5.69 Å². The summed E-state index contributed by atoms with van der Waals surface area (Å²) in [7, 11) is 0. The zero-order valence-corrected chi connectivity index (χ0v) is 11.0. The predicted molar refractivity (Wildman–Crippen MR) is 72.9 cm³/mol. The molecule has 1 unspecified atom stereocenters. The SMILES string of the molecule is O=C(CC1CNCCO1)c1cnnn1-c1ccccc1. The summed E-state index contributed by atoms with van der Waals surface area (Å²) in [6.45, 7) is 2.20. The first kappa shape index (κ1) is 13.0. The summed E-state index contributed by atoms with van der Waals surface area (Å²) >= 11 is 0. The molecule has 1 aliphatic heterocycles. The lowest BCUT2D eigenvalue weighted by Gasteiger charge is -2.22. The summed E-state index contributed by atoms with van der Waals surface area (Å²) in [6.07, 6.45) is 1.77. The van der Waals surface area contributed by atoms with E-state index >= 15 is 0 Å². The normalized spacial score (nSPS) is 18.9. The molecule has 6 nitrogen and oxygen atoms in total. The maximum atomic E-state index is 12.4. The summed E-state index contributed by atoms with van der Waals surface area (Å²) in [6, 6.07) is 9.51. The molecule has 20 heavy (non-hydrogen) atoms. The molecule has 1 aromatic carbocycles. The lowest BCUT2D eigenvalue weighted by molar-refractivity contribution is 0.0238. The fourth-order valence-corrected chi connectivity index (χ4v) is 2.25. The van der Waals surface area contributed by atoms with Crippen LogP contribution in [0.15, 0.2) is 36.5 Å². The number of Topliss-reactive ketones (excluding diaryl/α,β-unsaturated/α-hetero) is 1. The van der Waals surface area contributed by atoms with Crippen molar-refractivity contribution in [2.75, 3.05) is 19.7 Å². The van der Waals surface area contributed by atoms with Crippen LogP contribution in [0.4, 0.5) is 0 Å². The smallest absolute Gasteiger partial charge is 0.185 e. The highest BCUT2D eigenvalue weighted by atomic mass is 16.5. The van der Waals surface area contributed by atoms with Crippen molar-refractivity contribution in [3.63, 3.8) is 0 Å². The number of benzene rings is 1. The van der Waals surface area contributed by atoms with Gasteiger partial charge < -0.3 is 10.1 Å². The van der Waals surface area contributed by atoms with Gasteiger partial charge in [0.15, 0.2) is 5.78 Å². The molecule has 104 valence electrons. The van der Waals surface area contributed by atoms with Crippen LogP contribution < -0.4 is 5.32 Å². The third-order valence-electron chi connectivity index (χ3n) is 3.25. The Labute approximate surface area is 116 Å². The number of ketones is 1. The molecule has 1 fully saturated rings.